The molecule has 3 heteroatoms. The van der Waals surface area contributed by atoms with Crippen LogP contribution in [-0.2, 0) is 0 Å². The van der Waals surface area contributed by atoms with E-state index in [1.54, 1.807) is 6.07 Å². The molecule has 0 unspecified atom stereocenters. The summed E-state index contributed by atoms with van der Waals surface area (Å²) in [5.74, 6) is 0. The van der Waals surface area contributed by atoms with E-state index in [2.05, 4.69) is 0 Å². The van der Waals surface area contributed by atoms with Gasteiger partial charge in [0.15, 0.2) is 0 Å². The molecule has 0 radical (unpaired) electrons. The highest BCUT2D eigenvalue weighted by atomic mass is 14.6. The van der Waals surface area contributed by atoms with Crippen LogP contribution in [0.1, 0.15) is 5.56 Å². The Labute approximate surface area is 94.9 Å². The van der Waals surface area contributed by atoms with Crippen LogP contribution < -0.4 is 17.2 Å². The SMILES string of the molecule is Cc1cc(-c2ccc(N)cc2N)ccc1N. The summed E-state index contributed by atoms with van der Waals surface area (Å²) in [7, 11) is 0. The Morgan fingerprint density at radius 1 is 0.812 bits per heavy atom. The molecule has 2 aromatic carbocycles. The third-order valence-corrected chi connectivity index (χ3v) is 2.66. The molecule has 0 aliphatic rings. The Kier molecular flexibility index (Phi) is 2.44. The van der Waals surface area contributed by atoms with Crippen molar-refractivity contribution in [1.29, 1.82) is 0 Å². The molecule has 0 saturated carbocycles. The summed E-state index contributed by atoms with van der Waals surface area (Å²) in [5.41, 5.74) is 22.6. The van der Waals surface area contributed by atoms with Crippen LogP contribution in [0.15, 0.2) is 36.4 Å². The van der Waals surface area contributed by atoms with Crippen LogP contribution in [0.4, 0.5) is 17.1 Å². The number of aryl methyl sites for hydroxylation is 1. The number of hydrogen-bond donors (Lipinski definition) is 3. The first-order chi connectivity index (χ1) is 7.58. The summed E-state index contributed by atoms with van der Waals surface area (Å²) in [6.45, 7) is 1.98. The molecule has 2 rings (SSSR count). The van der Waals surface area contributed by atoms with Crippen molar-refractivity contribution in [2.75, 3.05) is 17.2 Å². The lowest BCUT2D eigenvalue weighted by Gasteiger charge is -2.08. The van der Waals surface area contributed by atoms with Crippen molar-refractivity contribution in [2.45, 2.75) is 6.92 Å². The average molecular weight is 213 g/mol. The van der Waals surface area contributed by atoms with Gasteiger partial charge in [0.05, 0.1) is 0 Å². The monoisotopic (exact) mass is 213 g/mol. The third-order valence-electron chi connectivity index (χ3n) is 2.66. The minimum atomic E-state index is 0.674. The fourth-order valence-electron chi connectivity index (χ4n) is 1.69. The van der Waals surface area contributed by atoms with Gasteiger partial charge in [0.1, 0.15) is 0 Å². The van der Waals surface area contributed by atoms with E-state index in [-0.39, 0.29) is 0 Å². The zero-order chi connectivity index (χ0) is 11.7. The molecule has 0 amide bonds. The summed E-state index contributed by atoms with van der Waals surface area (Å²) in [4.78, 5) is 0. The van der Waals surface area contributed by atoms with Gasteiger partial charge in [-0.05, 0) is 42.3 Å². The Bertz CT molecular complexity index is 533. The van der Waals surface area contributed by atoms with Crippen molar-refractivity contribution in [3.63, 3.8) is 0 Å². The van der Waals surface area contributed by atoms with E-state index in [4.69, 9.17) is 17.2 Å². The van der Waals surface area contributed by atoms with Crippen molar-refractivity contribution < 1.29 is 0 Å². The fourth-order valence-corrected chi connectivity index (χ4v) is 1.69. The van der Waals surface area contributed by atoms with Gasteiger partial charge in [-0.2, -0.15) is 0 Å². The van der Waals surface area contributed by atoms with Crippen LogP contribution in [0.5, 0.6) is 0 Å². The van der Waals surface area contributed by atoms with Crippen LogP contribution in [0.25, 0.3) is 11.1 Å². The highest BCUT2D eigenvalue weighted by Gasteiger charge is 2.04. The molecule has 0 bridgehead atoms. The molecule has 0 atom stereocenters. The summed E-state index contributed by atoms with van der Waals surface area (Å²) in [6, 6.07) is 11.4. The van der Waals surface area contributed by atoms with Gasteiger partial charge in [-0.25, -0.2) is 0 Å². The highest BCUT2D eigenvalue weighted by Crippen LogP contribution is 2.29. The minimum absolute atomic E-state index is 0.674. The topological polar surface area (TPSA) is 78.1 Å². The molecule has 2 aromatic rings. The van der Waals surface area contributed by atoms with E-state index >= 15 is 0 Å². The fraction of sp³-hybridized carbons (Fsp3) is 0.0769. The molecule has 82 valence electrons. The molecule has 16 heavy (non-hydrogen) atoms. The van der Waals surface area contributed by atoms with Crippen molar-refractivity contribution in [1.82, 2.24) is 0 Å². The zero-order valence-electron chi connectivity index (χ0n) is 9.20. The van der Waals surface area contributed by atoms with Crippen molar-refractivity contribution in [2.24, 2.45) is 0 Å². The molecular formula is C13H15N3. The van der Waals surface area contributed by atoms with Crippen molar-refractivity contribution in [3.05, 3.63) is 42.0 Å². The van der Waals surface area contributed by atoms with Crippen molar-refractivity contribution >= 4 is 17.1 Å². The maximum Gasteiger partial charge on any atom is 0.0414 e. The van der Waals surface area contributed by atoms with Gasteiger partial charge < -0.3 is 17.2 Å². The van der Waals surface area contributed by atoms with Gasteiger partial charge >= 0.3 is 0 Å². The summed E-state index contributed by atoms with van der Waals surface area (Å²) >= 11 is 0. The van der Waals surface area contributed by atoms with Crippen LogP contribution >= 0.6 is 0 Å². The van der Waals surface area contributed by atoms with Gasteiger partial charge in [0.2, 0.25) is 0 Å². The van der Waals surface area contributed by atoms with Gasteiger partial charge in [-0.15, -0.1) is 0 Å². The van der Waals surface area contributed by atoms with Gasteiger partial charge in [-0.3, -0.25) is 0 Å². The molecule has 0 spiro atoms. The number of hydrogen-bond acceptors (Lipinski definition) is 3. The van der Waals surface area contributed by atoms with E-state index in [9.17, 15) is 0 Å². The molecule has 0 heterocycles. The summed E-state index contributed by atoms with van der Waals surface area (Å²) < 4.78 is 0. The summed E-state index contributed by atoms with van der Waals surface area (Å²) in [6.07, 6.45) is 0. The molecule has 0 aliphatic heterocycles. The predicted molar refractivity (Wildman–Crippen MR) is 69.9 cm³/mol. The molecule has 0 aromatic heterocycles. The smallest absolute Gasteiger partial charge is 0.0414 e. The van der Waals surface area contributed by atoms with Crippen LogP contribution in [0, 0.1) is 6.92 Å². The highest BCUT2D eigenvalue weighted by molar-refractivity contribution is 5.80. The van der Waals surface area contributed by atoms with Crippen molar-refractivity contribution in [3.8, 4) is 11.1 Å². The Hall–Kier alpha value is -2.16. The maximum atomic E-state index is 5.93. The Morgan fingerprint density at radius 3 is 2.19 bits per heavy atom. The molecule has 6 N–H and O–H groups in total. The number of anilines is 3. The largest absolute Gasteiger partial charge is 0.399 e. The Balaban J connectivity index is 2.54. The first kappa shape index (κ1) is 10.4. The predicted octanol–water partition coefficient (Wildman–Crippen LogP) is 2.41. The van der Waals surface area contributed by atoms with Gasteiger partial charge in [0, 0.05) is 22.6 Å². The third kappa shape index (κ3) is 1.80. The second kappa shape index (κ2) is 3.77. The number of nitrogen functional groups attached to an aromatic ring is 3. The van der Waals surface area contributed by atoms with Gasteiger partial charge in [-0.1, -0.05) is 12.1 Å². The van der Waals surface area contributed by atoms with E-state index in [0.717, 1.165) is 22.4 Å². The quantitative estimate of drug-likeness (QED) is 0.636. The van der Waals surface area contributed by atoms with Gasteiger partial charge in [0.25, 0.3) is 0 Å². The Morgan fingerprint density at radius 2 is 1.56 bits per heavy atom. The molecule has 0 fully saturated rings. The lowest BCUT2D eigenvalue weighted by molar-refractivity contribution is 1.46. The molecule has 0 saturated heterocycles. The van der Waals surface area contributed by atoms with E-state index in [1.807, 2.05) is 37.3 Å². The number of nitrogens with two attached hydrogens (primary N) is 3. The second-order valence-electron chi connectivity index (χ2n) is 3.92. The summed E-state index contributed by atoms with van der Waals surface area (Å²) in [5, 5.41) is 0. The van der Waals surface area contributed by atoms with Crippen LogP contribution in [-0.4, -0.2) is 0 Å². The molecule has 3 nitrogen and oxygen atoms in total. The first-order valence-corrected chi connectivity index (χ1v) is 5.09. The lowest BCUT2D eigenvalue weighted by Crippen LogP contribution is -1.94. The lowest BCUT2D eigenvalue weighted by atomic mass is 10.0. The standard InChI is InChI=1S/C13H15N3/c1-8-6-9(2-5-12(8)15)11-4-3-10(14)7-13(11)16/h2-7H,14-16H2,1H3. The van der Waals surface area contributed by atoms with E-state index in [0.29, 0.717) is 11.4 Å². The maximum absolute atomic E-state index is 5.93. The molecule has 0 aliphatic carbocycles. The average Bonchev–Trinajstić information content (AvgIpc) is 2.22. The number of benzene rings is 2. The van der Waals surface area contributed by atoms with Crippen LogP contribution in [0.2, 0.25) is 0 Å². The number of rotatable bonds is 1. The molecular weight excluding hydrogens is 198 g/mol. The van der Waals surface area contributed by atoms with E-state index < -0.39 is 0 Å². The zero-order valence-corrected chi connectivity index (χ0v) is 9.20. The van der Waals surface area contributed by atoms with E-state index in [1.165, 1.54) is 0 Å². The minimum Gasteiger partial charge on any atom is -0.399 e. The second-order valence-corrected chi connectivity index (χ2v) is 3.92. The normalized spacial score (nSPS) is 10.3. The van der Waals surface area contributed by atoms with Crippen LogP contribution in [0.3, 0.4) is 0 Å². The first-order valence-electron chi connectivity index (χ1n) is 5.09.